The first-order valence-electron chi connectivity index (χ1n) is 6.97. The van der Waals surface area contributed by atoms with Gasteiger partial charge in [-0.3, -0.25) is 9.59 Å². The minimum absolute atomic E-state index is 0.0138. The van der Waals surface area contributed by atoms with Crippen LogP contribution in [0.3, 0.4) is 0 Å². The van der Waals surface area contributed by atoms with E-state index in [1.54, 1.807) is 17.0 Å². The van der Waals surface area contributed by atoms with Crippen molar-refractivity contribution in [2.45, 2.75) is 19.8 Å². The normalized spacial score (nSPS) is 15.5. The molecule has 7 heteroatoms. The number of carbonyl (C=O) groups is 3. The number of carbonyl (C=O) groups excluding carboxylic acids is 2. The van der Waals surface area contributed by atoms with Gasteiger partial charge in [0.1, 0.15) is 0 Å². The molecule has 0 aromatic heterocycles. The van der Waals surface area contributed by atoms with Crippen molar-refractivity contribution in [3.63, 3.8) is 0 Å². The number of rotatable bonds is 3. The van der Waals surface area contributed by atoms with Gasteiger partial charge in [0.25, 0.3) is 0 Å². The molecular weight excluding hydrogens is 352 g/mol. The Morgan fingerprint density at radius 1 is 1.27 bits per heavy atom. The van der Waals surface area contributed by atoms with Gasteiger partial charge in [-0.2, -0.15) is 0 Å². The molecule has 0 saturated carbocycles. The molecule has 1 aromatic rings. The molecular formula is C15H17BrN2O4. The lowest BCUT2D eigenvalue weighted by molar-refractivity contribution is -0.132. The molecule has 1 aliphatic heterocycles. The summed E-state index contributed by atoms with van der Waals surface area (Å²) < 4.78 is 0.637. The van der Waals surface area contributed by atoms with Crippen LogP contribution in [0.25, 0.3) is 0 Å². The highest BCUT2D eigenvalue weighted by molar-refractivity contribution is 9.10. The van der Waals surface area contributed by atoms with E-state index < -0.39 is 5.97 Å². The zero-order chi connectivity index (χ0) is 16.3. The van der Waals surface area contributed by atoms with Crippen molar-refractivity contribution in [3.05, 3.63) is 28.2 Å². The average molecular weight is 369 g/mol. The van der Waals surface area contributed by atoms with Gasteiger partial charge < -0.3 is 15.3 Å². The molecule has 118 valence electrons. The minimum Gasteiger partial charge on any atom is -0.478 e. The van der Waals surface area contributed by atoms with Crippen molar-refractivity contribution < 1.29 is 19.5 Å². The fourth-order valence-electron chi connectivity index (χ4n) is 2.49. The topological polar surface area (TPSA) is 86.7 Å². The zero-order valence-corrected chi connectivity index (χ0v) is 13.7. The van der Waals surface area contributed by atoms with Crippen LogP contribution in [0.15, 0.2) is 22.7 Å². The van der Waals surface area contributed by atoms with Crippen molar-refractivity contribution >= 4 is 39.4 Å². The molecule has 22 heavy (non-hydrogen) atoms. The van der Waals surface area contributed by atoms with Gasteiger partial charge in [0.2, 0.25) is 11.8 Å². The first-order valence-corrected chi connectivity index (χ1v) is 7.77. The van der Waals surface area contributed by atoms with Gasteiger partial charge in [-0.05, 0) is 31.0 Å². The highest BCUT2D eigenvalue weighted by atomic mass is 79.9. The number of nitrogens with zero attached hydrogens (tertiary/aromatic N) is 1. The summed E-state index contributed by atoms with van der Waals surface area (Å²) in [6.45, 7) is 2.63. The fourth-order valence-corrected chi connectivity index (χ4v) is 2.85. The fraction of sp³-hybridized carbons (Fsp3) is 0.400. The molecule has 1 aromatic carbocycles. The Morgan fingerprint density at radius 2 is 1.91 bits per heavy atom. The number of piperidine rings is 1. The maximum absolute atomic E-state index is 12.3. The van der Waals surface area contributed by atoms with Gasteiger partial charge in [-0.15, -0.1) is 0 Å². The van der Waals surface area contributed by atoms with E-state index in [0.29, 0.717) is 30.4 Å². The van der Waals surface area contributed by atoms with Crippen LogP contribution in [0, 0.1) is 5.92 Å². The van der Waals surface area contributed by atoms with E-state index in [0.717, 1.165) is 0 Å². The molecule has 0 spiro atoms. The highest BCUT2D eigenvalue weighted by Crippen LogP contribution is 2.24. The van der Waals surface area contributed by atoms with Crippen LogP contribution in [0.1, 0.15) is 30.1 Å². The van der Waals surface area contributed by atoms with E-state index in [1.165, 1.54) is 13.0 Å². The van der Waals surface area contributed by atoms with Gasteiger partial charge in [-0.1, -0.05) is 15.9 Å². The first-order chi connectivity index (χ1) is 10.4. The molecule has 0 bridgehead atoms. The van der Waals surface area contributed by atoms with Gasteiger partial charge in [0.15, 0.2) is 0 Å². The minimum atomic E-state index is -1.09. The lowest BCUT2D eigenvalue weighted by Crippen LogP contribution is -2.40. The summed E-state index contributed by atoms with van der Waals surface area (Å²) in [7, 11) is 0. The average Bonchev–Trinajstić information content (AvgIpc) is 2.48. The van der Waals surface area contributed by atoms with E-state index in [9.17, 15) is 19.5 Å². The van der Waals surface area contributed by atoms with Crippen LogP contribution in [0.2, 0.25) is 0 Å². The molecule has 1 fully saturated rings. The lowest BCUT2D eigenvalue weighted by Gasteiger charge is -2.30. The summed E-state index contributed by atoms with van der Waals surface area (Å²) in [5, 5.41) is 11.9. The molecule has 2 N–H and O–H groups in total. The number of anilines is 1. The Bertz CT molecular complexity index is 610. The van der Waals surface area contributed by atoms with E-state index in [-0.39, 0.29) is 29.0 Å². The van der Waals surface area contributed by atoms with Gasteiger partial charge in [0.05, 0.1) is 11.3 Å². The third-order valence-electron chi connectivity index (χ3n) is 3.78. The molecule has 0 unspecified atom stereocenters. The summed E-state index contributed by atoms with van der Waals surface area (Å²) in [4.78, 5) is 36.5. The number of hydrogen-bond donors (Lipinski definition) is 2. The number of halogens is 1. The molecule has 0 aliphatic carbocycles. The van der Waals surface area contributed by atoms with Crippen molar-refractivity contribution in [3.8, 4) is 0 Å². The molecule has 0 atom stereocenters. The number of carboxylic acid groups (broad SMARTS) is 1. The largest absolute Gasteiger partial charge is 0.478 e. The Morgan fingerprint density at radius 3 is 2.45 bits per heavy atom. The number of benzene rings is 1. The summed E-state index contributed by atoms with van der Waals surface area (Å²) in [6.07, 6.45) is 1.18. The quantitative estimate of drug-likeness (QED) is 0.856. The zero-order valence-electron chi connectivity index (χ0n) is 12.1. The van der Waals surface area contributed by atoms with Gasteiger partial charge in [0, 0.05) is 30.4 Å². The molecule has 1 aliphatic rings. The number of aromatic carboxylic acids is 1. The molecule has 1 saturated heterocycles. The predicted molar refractivity (Wildman–Crippen MR) is 84.7 cm³/mol. The highest BCUT2D eigenvalue weighted by Gasteiger charge is 2.26. The maximum Gasteiger partial charge on any atom is 0.337 e. The number of nitrogens with one attached hydrogen (secondary N) is 1. The van der Waals surface area contributed by atoms with Crippen LogP contribution in [-0.4, -0.2) is 40.9 Å². The number of carboxylic acids is 1. The molecule has 0 radical (unpaired) electrons. The molecule has 6 nitrogen and oxygen atoms in total. The number of likely N-dealkylation sites (tertiary alicyclic amines) is 1. The van der Waals surface area contributed by atoms with Crippen molar-refractivity contribution in [1.29, 1.82) is 0 Å². The Balaban J connectivity index is 2.04. The summed E-state index contributed by atoms with van der Waals surface area (Å²) in [5.74, 6) is -1.49. The Labute approximate surface area is 136 Å². The van der Waals surface area contributed by atoms with Crippen LogP contribution < -0.4 is 5.32 Å². The lowest BCUT2D eigenvalue weighted by atomic mass is 9.95. The second-order valence-electron chi connectivity index (χ2n) is 5.26. The van der Waals surface area contributed by atoms with E-state index in [2.05, 4.69) is 21.2 Å². The van der Waals surface area contributed by atoms with Gasteiger partial charge in [-0.25, -0.2) is 4.79 Å². The van der Waals surface area contributed by atoms with Gasteiger partial charge >= 0.3 is 5.97 Å². The second-order valence-corrected chi connectivity index (χ2v) is 6.18. The van der Waals surface area contributed by atoms with Crippen LogP contribution in [-0.2, 0) is 9.59 Å². The Hall–Kier alpha value is -1.89. The van der Waals surface area contributed by atoms with E-state index in [4.69, 9.17) is 0 Å². The van der Waals surface area contributed by atoms with E-state index >= 15 is 0 Å². The van der Waals surface area contributed by atoms with E-state index in [1.807, 2.05) is 0 Å². The van der Waals surface area contributed by atoms with Crippen molar-refractivity contribution in [1.82, 2.24) is 4.90 Å². The van der Waals surface area contributed by atoms with Crippen LogP contribution >= 0.6 is 15.9 Å². The smallest absolute Gasteiger partial charge is 0.337 e. The summed E-state index contributed by atoms with van der Waals surface area (Å²) in [5.41, 5.74) is 0.332. The van der Waals surface area contributed by atoms with Crippen LogP contribution in [0.4, 0.5) is 5.69 Å². The SMILES string of the molecule is CC(=O)N1CCC(C(=O)Nc2ccc(Br)cc2C(=O)O)CC1. The standard InChI is InChI=1S/C15H17BrN2O4/c1-9(19)18-6-4-10(5-7-18)14(20)17-13-3-2-11(16)8-12(13)15(21)22/h2-3,8,10H,4-7H2,1H3,(H,17,20)(H,21,22). The number of amides is 2. The monoisotopic (exact) mass is 368 g/mol. The predicted octanol–water partition coefficient (Wildman–Crippen LogP) is 2.34. The first kappa shape index (κ1) is 16.5. The third kappa shape index (κ3) is 3.85. The second kappa shape index (κ2) is 6.91. The van der Waals surface area contributed by atoms with Crippen LogP contribution in [0.5, 0.6) is 0 Å². The molecule has 2 amide bonds. The Kier molecular flexibility index (Phi) is 5.18. The summed E-state index contributed by atoms with van der Waals surface area (Å²) >= 11 is 3.21. The van der Waals surface area contributed by atoms with Crippen molar-refractivity contribution in [2.24, 2.45) is 5.92 Å². The summed E-state index contributed by atoms with van der Waals surface area (Å²) in [6, 6.07) is 4.70. The third-order valence-corrected chi connectivity index (χ3v) is 4.27. The van der Waals surface area contributed by atoms with Crippen molar-refractivity contribution in [2.75, 3.05) is 18.4 Å². The maximum atomic E-state index is 12.3. The molecule has 1 heterocycles. The number of hydrogen-bond acceptors (Lipinski definition) is 3. The molecule has 2 rings (SSSR count).